The lowest BCUT2D eigenvalue weighted by Gasteiger charge is -2.17. The Bertz CT molecular complexity index is 1200. The van der Waals surface area contributed by atoms with Crippen LogP contribution < -0.4 is 10.6 Å². The Balaban J connectivity index is 1.43. The van der Waals surface area contributed by atoms with E-state index in [4.69, 9.17) is 9.84 Å². The fourth-order valence-electron chi connectivity index (χ4n) is 4.47. The summed E-state index contributed by atoms with van der Waals surface area (Å²) in [5.74, 6) is -1.64. The van der Waals surface area contributed by atoms with Crippen LogP contribution in [0.5, 0.6) is 0 Å². The van der Waals surface area contributed by atoms with E-state index in [1.165, 1.54) is 6.20 Å². The number of amides is 2. The second-order valence-electron chi connectivity index (χ2n) is 8.41. The average Bonchev–Trinajstić information content (AvgIpc) is 3.16. The van der Waals surface area contributed by atoms with Crippen LogP contribution in [-0.4, -0.2) is 40.7 Å². The van der Waals surface area contributed by atoms with E-state index in [1.54, 1.807) is 12.1 Å². The number of benzene rings is 2. The first-order chi connectivity index (χ1) is 17.0. The van der Waals surface area contributed by atoms with Crippen molar-refractivity contribution >= 4 is 23.7 Å². The number of fused-ring (bicyclic) bond motifs is 3. The number of hydrogen-bond acceptors (Lipinski definition) is 5. The molecule has 0 bridgehead atoms. The van der Waals surface area contributed by atoms with Crippen LogP contribution in [0.1, 0.15) is 53.7 Å². The second-order valence-corrected chi connectivity index (χ2v) is 8.41. The molecule has 0 aliphatic heterocycles. The monoisotopic (exact) mass is 473 g/mol. The van der Waals surface area contributed by atoms with Gasteiger partial charge in [0.1, 0.15) is 6.61 Å². The van der Waals surface area contributed by atoms with Crippen LogP contribution in [0.15, 0.2) is 66.9 Å². The van der Waals surface area contributed by atoms with Gasteiger partial charge in [-0.1, -0.05) is 61.9 Å². The third-order valence-corrected chi connectivity index (χ3v) is 6.00. The highest BCUT2D eigenvalue weighted by Gasteiger charge is 2.29. The van der Waals surface area contributed by atoms with Crippen LogP contribution in [-0.2, 0) is 9.53 Å². The van der Waals surface area contributed by atoms with Crippen LogP contribution in [0.4, 0.5) is 10.5 Å². The average molecular weight is 474 g/mol. The lowest BCUT2D eigenvalue weighted by molar-refractivity contribution is -0.137. The number of rotatable bonds is 9. The number of carbonyl (C=O) groups is 3. The molecule has 180 valence electrons. The maximum absolute atomic E-state index is 12.8. The number of carboxylic acids is 1. The van der Waals surface area contributed by atoms with Crippen LogP contribution in [0.25, 0.3) is 11.1 Å². The molecule has 35 heavy (non-hydrogen) atoms. The topological polar surface area (TPSA) is 118 Å². The van der Waals surface area contributed by atoms with Crippen molar-refractivity contribution in [2.45, 2.75) is 38.1 Å². The molecule has 1 aliphatic rings. The molecule has 2 aromatic carbocycles. The molecule has 2 amide bonds. The zero-order valence-corrected chi connectivity index (χ0v) is 19.4. The maximum Gasteiger partial charge on any atom is 0.411 e. The number of ether oxygens (including phenoxy) is 1. The minimum absolute atomic E-state index is 0.00694. The largest absolute Gasteiger partial charge is 0.481 e. The van der Waals surface area contributed by atoms with Crippen LogP contribution in [0.3, 0.4) is 0 Å². The van der Waals surface area contributed by atoms with Crippen molar-refractivity contribution < 1.29 is 24.2 Å². The lowest BCUT2D eigenvalue weighted by Crippen LogP contribution is -2.37. The van der Waals surface area contributed by atoms with Gasteiger partial charge in [-0.2, -0.15) is 0 Å². The first-order valence-corrected chi connectivity index (χ1v) is 11.6. The highest BCUT2D eigenvalue weighted by Crippen LogP contribution is 2.44. The van der Waals surface area contributed by atoms with Crippen molar-refractivity contribution in [2.75, 3.05) is 11.9 Å². The number of carboxylic acid groups (broad SMARTS) is 1. The summed E-state index contributed by atoms with van der Waals surface area (Å²) in [4.78, 5) is 40.7. The number of pyridine rings is 1. The zero-order valence-electron chi connectivity index (χ0n) is 19.4. The number of anilines is 1. The molecular weight excluding hydrogens is 446 g/mol. The summed E-state index contributed by atoms with van der Waals surface area (Å²) in [6, 6.07) is 18.7. The summed E-state index contributed by atoms with van der Waals surface area (Å²) in [5.41, 5.74) is 4.64. The van der Waals surface area contributed by atoms with Crippen molar-refractivity contribution in [3.8, 4) is 11.1 Å². The molecule has 4 rings (SSSR count). The summed E-state index contributed by atoms with van der Waals surface area (Å²) in [6.45, 7) is 2.05. The van der Waals surface area contributed by atoms with E-state index in [0.717, 1.165) is 22.3 Å². The summed E-state index contributed by atoms with van der Waals surface area (Å²) in [5, 5.41) is 14.4. The molecule has 0 fully saturated rings. The van der Waals surface area contributed by atoms with Crippen molar-refractivity contribution in [1.29, 1.82) is 0 Å². The van der Waals surface area contributed by atoms with Gasteiger partial charge in [-0.15, -0.1) is 0 Å². The molecule has 1 aliphatic carbocycles. The molecule has 0 saturated carbocycles. The van der Waals surface area contributed by atoms with Gasteiger partial charge in [-0.05, 0) is 40.8 Å². The van der Waals surface area contributed by atoms with Gasteiger partial charge in [-0.3, -0.25) is 14.9 Å². The first kappa shape index (κ1) is 23.9. The predicted molar refractivity (Wildman–Crippen MR) is 131 cm³/mol. The molecule has 0 saturated heterocycles. The molecule has 3 aromatic rings. The highest BCUT2D eigenvalue weighted by molar-refractivity contribution is 6.01. The van der Waals surface area contributed by atoms with Crippen molar-refractivity contribution in [1.82, 2.24) is 10.3 Å². The van der Waals surface area contributed by atoms with Crippen LogP contribution in [0.2, 0.25) is 0 Å². The standard InChI is InChI=1S/C27H27N3O5/c1-2-8-17(15-24(31)32)29-26(33)25-23(13-7-14-28-25)30-27(34)35-16-22-20-11-5-3-9-18(20)19-10-4-6-12-21(19)22/h3-7,9-14,17,22H,2,8,15-16H2,1H3,(H,29,33)(H,30,34)(H,31,32)/t17-/m0/s1. The molecule has 8 nitrogen and oxygen atoms in total. The van der Waals surface area contributed by atoms with Crippen LogP contribution >= 0.6 is 0 Å². The van der Waals surface area contributed by atoms with Gasteiger partial charge in [0.15, 0.2) is 5.69 Å². The summed E-state index contributed by atoms with van der Waals surface area (Å²) in [7, 11) is 0. The molecule has 0 spiro atoms. The molecule has 1 heterocycles. The van der Waals surface area contributed by atoms with E-state index in [-0.39, 0.29) is 30.3 Å². The number of hydrogen-bond donors (Lipinski definition) is 3. The second kappa shape index (κ2) is 10.8. The van der Waals surface area contributed by atoms with Crippen LogP contribution in [0, 0.1) is 0 Å². The number of nitrogens with one attached hydrogen (secondary N) is 2. The van der Waals surface area contributed by atoms with Gasteiger partial charge in [0.05, 0.1) is 12.1 Å². The third kappa shape index (κ3) is 5.48. The molecular formula is C27H27N3O5. The molecule has 3 N–H and O–H groups in total. The third-order valence-electron chi connectivity index (χ3n) is 6.00. The Morgan fingerprint density at radius 1 is 1.00 bits per heavy atom. The predicted octanol–water partition coefficient (Wildman–Crippen LogP) is 4.82. The van der Waals surface area contributed by atoms with Gasteiger partial charge < -0.3 is 15.2 Å². The number of aliphatic carboxylic acids is 1. The van der Waals surface area contributed by atoms with E-state index < -0.39 is 24.0 Å². The number of nitrogens with zero attached hydrogens (tertiary/aromatic N) is 1. The number of aromatic nitrogens is 1. The van der Waals surface area contributed by atoms with E-state index in [2.05, 4.69) is 27.8 Å². The fraction of sp³-hybridized carbons (Fsp3) is 0.259. The van der Waals surface area contributed by atoms with Gasteiger partial charge in [-0.25, -0.2) is 9.78 Å². The van der Waals surface area contributed by atoms with Crippen molar-refractivity contribution in [3.63, 3.8) is 0 Å². The summed E-state index contributed by atoms with van der Waals surface area (Å²) < 4.78 is 5.56. The molecule has 1 atom stereocenters. The van der Waals surface area contributed by atoms with Crippen molar-refractivity contribution in [2.24, 2.45) is 0 Å². The minimum Gasteiger partial charge on any atom is -0.481 e. The molecule has 8 heteroatoms. The SMILES string of the molecule is CCC[C@@H](CC(=O)O)NC(=O)c1ncccc1NC(=O)OCC1c2ccccc2-c2ccccc21. The Morgan fingerprint density at radius 3 is 2.29 bits per heavy atom. The first-order valence-electron chi connectivity index (χ1n) is 11.6. The smallest absolute Gasteiger partial charge is 0.411 e. The Hall–Kier alpha value is -4.20. The molecule has 1 aromatic heterocycles. The van der Waals surface area contributed by atoms with Gasteiger partial charge in [0, 0.05) is 18.2 Å². The highest BCUT2D eigenvalue weighted by atomic mass is 16.5. The molecule has 0 unspecified atom stereocenters. The van der Waals surface area contributed by atoms with Gasteiger partial charge >= 0.3 is 12.1 Å². The van der Waals surface area contributed by atoms with E-state index in [1.807, 2.05) is 43.3 Å². The Kier molecular flexibility index (Phi) is 7.40. The zero-order chi connectivity index (χ0) is 24.8. The maximum atomic E-state index is 12.8. The van der Waals surface area contributed by atoms with E-state index in [0.29, 0.717) is 12.8 Å². The minimum atomic E-state index is -0.998. The van der Waals surface area contributed by atoms with Crippen molar-refractivity contribution in [3.05, 3.63) is 83.7 Å². The van der Waals surface area contributed by atoms with E-state index in [9.17, 15) is 14.4 Å². The normalized spacial score (nSPS) is 12.8. The van der Waals surface area contributed by atoms with Gasteiger partial charge in [0.25, 0.3) is 5.91 Å². The Labute approximate surface area is 203 Å². The molecule has 0 radical (unpaired) electrons. The number of carbonyl (C=O) groups excluding carboxylic acids is 2. The van der Waals surface area contributed by atoms with E-state index >= 15 is 0 Å². The fourth-order valence-corrected chi connectivity index (χ4v) is 4.47. The van der Waals surface area contributed by atoms with Gasteiger partial charge in [0.2, 0.25) is 0 Å². The quantitative estimate of drug-likeness (QED) is 0.410. The summed E-state index contributed by atoms with van der Waals surface area (Å²) in [6.07, 6.45) is 1.76. The lowest BCUT2D eigenvalue weighted by atomic mass is 9.98. The Morgan fingerprint density at radius 2 is 1.66 bits per heavy atom. The summed E-state index contributed by atoms with van der Waals surface area (Å²) >= 11 is 0.